The van der Waals surface area contributed by atoms with Gasteiger partial charge in [0.1, 0.15) is 5.75 Å². The minimum atomic E-state index is -0.638. The average Bonchev–Trinajstić information content (AvgIpc) is 3.07. The number of carbonyl (C=O) groups excluding carboxylic acids is 1. The molecule has 3 aromatic rings. The molecule has 164 valence electrons. The van der Waals surface area contributed by atoms with Crippen LogP contribution in [0.5, 0.6) is 5.75 Å². The summed E-state index contributed by atoms with van der Waals surface area (Å²) in [5.41, 5.74) is 2.42. The van der Waals surface area contributed by atoms with Crippen molar-refractivity contribution in [3.63, 3.8) is 0 Å². The fourth-order valence-electron chi connectivity index (χ4n) is 3.66. The summed E-state index contributed by atoms with van der Waals surface area (Å²) in [6.45, 7) is 5.37. The summed E-state index contributed by atoms with van der Waals surface area (Å²) in [7, 11) is 1.59. The minimum Gasteiger partial charge on any atom is -0.497 e. The number of rotatable bonds is 5. The average molecular weight is 449 g/mol. The zero-order chi connectivity index (χ0) is 22.8. The molecule has 0 fully saturated rings. The molecule has 7 heteroatoms. The van der Waals surface area contributed by atoms with Crippen LogP contribution >= 0.6 is 11.3 Å². The molecular weight excluding hydrogens is 424 g/mol. The van der Waals surface area contributed by atoms with Gasteiger partial charge in [-0.15, -0.1) is 0 Å². The molecule has 0 bridgehead atoms. The Labute approximate surface area is 189 Å². The number of thiazole rings is 1. The van der Waals surface area contributed by atoms with Crippen molar-refractivity contribution in [3.05, 3.63) is 96.7 Å². The Hall–Kier alpha value is -3.45. The van der Waals surface area contributed by atoms with Crippen molar-refractivity contribution in [3.8, 4) is 5.75 Å². The molecule has 2 heterocycles. The molecular formula is C25H24N2O4S. The molecule has 32 heavy (non-hydrogen) atoms. The minimum absolute atomic E-state index is 0.194. The number of aromatic nitrogens is 1. The van der Waals surface area contributed by atoms with Gasteiger partial charge in [-0.05, 0) is 50.1 Å². The molecule has 0 amide bonds. The Balaban J connectivity index is 1.94. The van der Waals surface area contributed by atoms with Crippen molar-refractivity contribution in [1.82, 2.24) is 4.57 Å². The lowest BCUT2D eigenvalue weighted by atomic mass is 9.96. The summed E-state index contributed by atoms with van der Waals surface area (Å²) >= 11 is 1.31. The van der Waals surface area contributed by atoms with Crippen LogP contribution in [-0.2, 0) is 9.53 Å². The monoisotopic (exact) mass is 448 g/mol. The van der Waals surface area contributed by atoms with Gasteiger partial charge in [-0.25, -0.2) is 9.79 Å². The molecule has 1 aliphatic rings. The molecule has 1 aliphatic heterocycles. The maximum atomic E-state index is 13.5. The molecule has 0 aliphatic carbocycles. The summed E-state index contributed by atoms with van der Waals surface area (Å²) in [6.07, 6.45) is 1.56. The van der Waals surface area contributed by atoms with Crippen LogP contribution in [0.1, 0.15) is 37.9 Å². The van der Waals surface area contributed by atoms with Crippen LogP contribution in [0.25, 0.3) is 6.08 Å². The summed E-state index contributed by atoms with van der Waals surface area (Å²) in [6, 6.07) is 16.4. The number of fused-ring (bicyclic) bond motifs is 1. The highest BCUT2D eigenvalue weighted by Crippen LogP contribution is 2.31. The van der Waals surface area contributed by atoms with Gasteiger partial charge in [-0.2, -0.15) is 0 Å². The molecule has 0 saturated heterocycles. The highest BCUT2D eigenvalue weighted by molar-refractivity contribution is 7.07. The molecule has 0 radical (unpaired) electrons. The third kappa shape index (κ3) is 4.16. The molecule has 4 rings (SSSR count). The predicted molar refractivity (Wildman–Crippen MR) is 124 cm³/mol. The van der Waals surface area contributed by atoms with Gasteiger partial charge in [-0.1, -0.05) is 53.8 Å². The normalized spacial score (nSPS) is 16.0. The molecule has 1 unspecified atom stereocenters. The first-order valence-electron chi connectivity index (χ1n) is 10.3. The van der Waals surface area contributed by atoms with Gasteiger partial charge in [0.25, 0.3) is 5.56 Å². The largest absolute Gasteiger partial charge is 0.497 e. The van der Waals surface area contributed by atoms with Crippen LogP contribution in [0.2, 0.25) is 0 Å². The van der Waals surface area contributed by atoms with E-state index in [2.05, 4.69) is 4.99 Å². The first-order chi connectivity index (χ1) is 15.4. The van der Waals surface area contributed by atoms with Crippen molar-refractivity contribution < 1.29 is 14.3 Å². The Morgan fingerprint density at radius 2 is 1.81 bits per heavy atom. The SMILES string of the molecule is COc1ccc(C2C(C(=O)OC(C)C)=C(C)N=c3s/c(=C/c4ccccc4)c(=O)n32)cc1. The fraction of sp³-hybridized carbons (Fsp3) is 0.240. The van der Waals surface area contributed by atoms with Crippen LogP contribution in [0.3, 0.4) is 0 Å². The van der Waals surface area contributed by atoms with Crippen LogP contribution in [0, 0.1) is 0 Å². The van der Waals surface area contributed by atoms with E-state index in [0.29, 0.717) is 26.4 Å². The van der Waals surface area contributed by atoms with Crippen LogP contribution in [0.4, 0.5) is 0 Å². The molecule has 1 atom stereocenters. The maximum absolute atomic E-state index is 13.5. The Bertz CT molecular complexity index is 1350. The van der Waals surface area contributed by atoms with Gasteiger partial charge in [0.2, 0.25) is 0 Å². The Kier molecular flexibility index (Phi) is 6.10. The van der Waals surface area contributed by atoms with Crippen molar-refractivity contribution in [2.45, 2.75) is 32.9 Å². The quantitative estimate of drug-likeness (QED) is 0.562. The summed E-state index contributed by atoms with van der Waals surface area (Å²) in [5.74, 6) is 0.219. The first kappa shape index (κ1) is 21.8. The number of nitrogens with zero attached hydrogens (tertiary/aromatic N) is 2. The van der Waals surface area contributed by atoms with Gasteiger partial charge in [0.05, 0.1) is 35.1 Å². The van der Waals surface area contributed by atoms with Crippen LogP contribution < -0.4 is 19.6 Å². The smallest absolute Gasteiger partial charge is 0.338 e. The predicted octanol–water partition coefficient (Wildman–Crippen LogP) is 3.20. The standard InChI is InChI=1S/C25H24N2O4S/c1-15(2)31-24(29)21-16(3)26-25-27(22(21)18-10-12-19(30-4)13-11-18)23(28)20(32-25)14-17-8-6-5-7-9-17/h5-15,22H,1-4H3/b20-14+. The number of hydrogen-bond donors (Lipinski definition) is 0. The lowest BCUT2D eigenvalue weighted by Gasteiger charge is -2.25. The number of carbonyl (C=O) groups is 1. The Morgan fingerprint density at radius 1 is 1.12 bits per heavy atom. The molecule has 0 saturated carbocycles. The van der Waals surface area contributed by atoms with E-state index in [-0.39, 0.29) is 11.7 Å². The van der Waals surface area contributed by atoms with E-state index in [0.717, 1.165) is 11.1 Å². The van der Waals surface area contributed by atoms with Crippen LogP contribution in [0.15, 0.2) is 75.7 Å². The number of esters is 1. The van der Waals surface area contributed by atoms with Crippen molar-refractivity contribution in [2.24, 2.45) is 4.99 Å². The fourth-order valence-corrected chi connectivity index (χ4v) is 4.71. The van der Waals surface area contributed by atoms with E-state index >= 15 is 0 Å². The number of methoxy groups -OCH3 is 1. The molecule has 0 N–H and O–H groups in total. The van der Waals surface area contributed by atoms with Crippen molar-refractivity contribution in [2.75, 3.05) is 7.11 Å². The molecule has 0 spiro atoms. The van der Waals surface area contributed by atoms with Gasteiger partial charge < -0.3 is 9.47 Å². The number of allylic oxidation sites excluding steroid dienone is 1. The third-order valence-corrected chi connectivity index (χ3v) is 6.10. The second-order valence-electron chi connectivity index (χ2n) is 7.72. The number of ether oxygens (including phenoxy) is 2. The highest BCUT2D eigenvalue weighted by Gasteiger charge is 2.33. The summed E-state index contributed by atoms with van der Waals surface area (Å²) in [4.78, 5) is 31.7. The number of hydrogen-bond acceptors (Lipinski definition) is 6. The molecule has 1 aromatic heterocycles. The maximum Gasteiger partial charge on any atom is 0.338 e. The topological polar surface area (TPSA) is 69.9 Å². The lowest BCUT2D eigenvalue weighted by Crippen LogP contribution is -2.40. The third-order valence-electron chi connectivity index (χ3n) is 5.11. The van der Waals surface area contributed by atoms with E-state index in [9.17, 15) is 9.59 Å². The molecule has 6 nitrogen and oxygen atoms in total. The highest BCUT2D eigenvalue weighted by atomic mass is 32.1. The van der Waals surface area contributed by atoms with E-state index in [1.165, 1.54) is 11.3 Å². The van der Waals surface area contributed by atoms with E-state index < -0.39 is 12.0 Å². The van der Waals surface area contributed by atoms with Gasteiger partial charge in [-0.3, -0.25) is 9.36 Å². The second-order valence-corrected chi connectivity index (χ2v) is 8.73. The first-order valence-corrected chi connectivity index (χ1v) is 11.1. The van der Waals surface area contributed by atoms with E-state index in [1.807, 2.05) is 60.7 Å². The summed E-state index contributed by atoms with van der Waals surface area (Å²) < 4.78 is 12.9. The van der Waals surface area contributed by atoms with Gasteiger partial charge in [0.15, 0.2) is 4.80 Å². The van der Waals surface area contributed by atoms with Gasteiger partial charge in [0, 0.05) is 0 Å². The van der Waals surface area contributed by atoms with E-state index in [4.69, 9.17) is 9.47 Å². The zero-order valence-corrected chi connectivity index (χ0v) is 19.2. The van der Waals surface area contributed by atoms with E-state index in [1.54, 1.807) is 32.4 Å². The summed E-state index contributed by atoms with van der Waals surface area (Å²) in [5, 5.41) is 0. The van der Waals surface area contributed by atoms with Gasteiger partial charge >= 0.3 is 5.97 Å². The lowest BCUT2D eigenvalue weighted by molar-refractivity contribution is -0.143. The molecule has 2 aromatic carbocycles. The zero-order valence-electron chi connectivity index (χ0n) is 18.4. The van der Waals surface area contributed by atoms with Crippen molar-refractivity contribution in [1.29, 1.82) is 0 Å². The van der Waals surface area contributed by atoms with Crippen molar-refractivity contribution >= 4 is 23.4 Å². The number of benzene rings is 2. The second kappa shape index (κ2) is 8.96. The van der Waals surface area contributed by atoms with Crippen LogP contribution in [-0.4, -0.2) is 23.8 Å². The Morgan fingerprint density at radius 3 is 2.44 bits per heavy atom.